The van der Waals surface area contributed by atoms with Crippen molar-refractivity contribution < 1.29 is 14.0 Å². The van der Waals surface area contributed by atoms with Crippen molar-refractivity contribution in [1.29, 1.82) is 0 Å². The number of primary amides is 1. The van der Waals surface area contributed by atoms with E-state index in [9.17, 15) is 14.0 Å². The van der Waals surface area contributed by atoms with E-state index in [1.165, 1.54) is 18.5 Å². The van der Waals surface area contributed by atoms with Crippen LogP contribution in [0.4, 0.5) is 10.1 Å². The maximum atomic E-state index is 13.5. The molecular formula is C17H13ClFN5O2S. The molecule has 0 atom stereocenters. The predicted molar refractivity (Wildman–Crippen MR) is 101 cm³/mol. The maximum Gasteiger partial charge on any atom is 0.251 e. The average Bonchev–Trinajstić information content (AvgIpc) is 3.10. The Balaban J connectivity index is 1.66. The van der Waals surface area contributed by atoms with E-state index in [-0.39, 0.29) is 22.9 Å². The Kier molecular flexibility index (Phi) is 5.72. The lowest BCUT2D eigenvalue weighted by Crippen LogP contribution is -2.17. The highest BCUT2D eigenvalue weighted by molar-refractivity contribution is 7.99. The molecule has 2 aromatic carbocycles. The SMILES string of the molecule is NC(=O)c1cc(NC(=O)CSc2nncn2-c2cccc(Cl)c2)ccc1F. The molecule has 0 fully saturated rings. The summed E-state index contributed by atoms with van der Waals surface area (Å²) in [6.07, 6.45) is 1.52. The van der Waals surface area contributed by atoms with Crippen LogP contribution in [0.1, 0.15) is 10.4 Å². The second kappa shape index (κ2) is 8.19. The van der Waals surface area contributed by atoms with Crippen LogP contribution in [0.5, 0.6) is 0 Å². The number of aromatic nitrogens is 3. The Hall–Kier alpha value is -2.91. The Morgan fingerprint density at radius 2 is 2.07 bits per heavy atom. The summed E-state index contributed by atoms with van der Waals surface area (Å²) in [5.41, 5.74) is 5.84. The highest BCUT2D eigenvalue weighted by Crippen LogP contribution is 2.22. The van der Waals surface area contributed by atoms with Gasteiger partial charge in [-0.3, -0.25) is 14.2 Å². The summed E-state index contributed by atoms with van der Waals surface area (Å²) in [7, 11) is 0. The first-order valence-corrected chi connectivity index (χ1v) is 8.98. The monoisotopic (exact) mass is 405 g/mol. The summed E-state index contributed by atoms with van der Waals surface area (Å²) in [6.45, 7) is 0. The van der Waals surface area contributed by atoms with Gasteiger partial charge in [0.2, 0.25) is 5.91 Å². The van der Waals surface area contributed by atoms with Gasteiger partial charge in [0.1, 0.15) is 12.1 Å². The van der Waals surface area contributed by atoms with Crippen LogP contribution in [0, 0.1) is 5.82 Å². The quantitative estimate of drug-likeness (QED) is 0.614. The Morgan fingerprint density at radius 3 is 2.81 bits per heavy atom. The molecule has 0 bridgehead atoms. The van der Waals surface area contributed by atoms with Gasteiger partial charge in [0.25, 0.3) is 5.91 Å². The molecule has 0 unspecified atom stereocenters. The third-order valence-electron chi connectivity index (χ3n) is 3.45. The molecule has 7 nitrogen and oxygen atoms in total. The van der Waals surface area contributed by atoms with E-state index in [1.54, 1.807) is 22.8 Å². The first-order valence-electron chi connectivity index (χ1n) is 7.62. The van der Waals surface area contributed by atoms with Gasteiger partial charge in [-0.15, -0.1) is 10.2 Å². The lowest BCUT2D eigenvalue weighted by molar-refractivity contribution is -0.113. The zero-order chi connectivity index (χ0) is 19.4. The third-order valence-corrected chi connectivity index (χ3v) is 4.63. The van der Waals surface area contributed by atoms with Crippen LogP contribution in [0.25, 0.3) is 5.69 Å². The summed E-state index contributed by atoms with van der Waals surface area (Å²) in [5, 5.41) is 11.5. The second-order valence-corrected chi connectivity index (χ2v) is 6.74. The smallest absolute Gasteiger partial charge is 0.251 e. The molecule has 0 saturated carbocycles. The van der Waals surface area contributed by atoms with E-state index < -0.39 is 11.7 Å². The first kappa shape index (κ1) is 18.9. The minimum atomic E-state index is -0.910. The lowest BCUT2D eigenvalue weighted by atomic mass is 10.2. The van der Waals surface area contributed by atoms with Gasteiger partial charge in [-0.05, 0) is 36.4 Å². The van der Waals surface area contributed by atoms with Gasteiger partial charge in [-0.25, -0.2) is 4.39 Å². The summed E-state index contributed by atoms with van der Waals surface area (Å²) in [6, 6.07) is 10.7. The standard InChI is InChI=1S/C17H13ClFN5O2S/c18-10-2-1-3-12(6-10)24-9-21-23-17(24)27-8-15(25)22-11-4-5-14(19)13(7-11)16(20)26/h1-7,9H,8H2,(H2,20,26)(H,22,25). The number of thioether (sulfide) groups is 1. The fourth-order valence-corrected chi connectivity index (χ4v) is 3.16. The van der Waals surface area contributed by atoms with Gasteiger partial charge >= 0.3 is 0 Å². The van der Waals surface area contributed by atoms with Crippen LogP contribution in [-0.2, 0) is 4.79 Å². The number of rotatable bonds is 6. The zero-order valence-corrected chi connectivity index (χ0v) is 15.3. The molecule has 0 aliphatic rings. The molecule has 0 saturated heterocycles. The highest BCUT2D eigenvalue weighted by Gasteiger charge is 2.13. The van der Waals surface area contributed by atoms with Crippen LogP contribution in [0.3, 0.4) is 0 Å². The van der Waals surface area contributed by atoms with Gasteiger partial charge in [0.05, 0.1) is 17.0 Å². The van der Waals surface area contributed by atoms with E-state index in [2.05, 4.69) is 15.5 Å². The van der Waals surface area contributed by atoms with E-state index in [0.29, 0.717) is 10.2 Å². The highest BCUT2D eigenvalue weighted by atomic mass is 35.5. The van der Waals surface area contributed by atoms with Crippen molar-refractivity contribution in [3.8, 4) is 5.69 Å². The molecule has 138 valence electrons. The number of benzene rings is 2. The summed E-state index contributed by atoms with van der Waals surface area (Å²) in [4.78, 5) is 23.3. The van der Waals surface area contributed by atoms with E-state index in [0.717, 1.165) is 23.5 Å². The largest absolute Gasteiger partial charge is 0.366 e. The minimum absolute atomic E-state index is 0.0303. The van der Waals surface area contributed by atoms with Crippen molar-refractivity contribution in [3.05, 3.63) is 65.2 Å². The van der Waals surface area contributed by atoms with Gasteiger partial charge in [-0.1, -0.05) is 29.4 Å². The number of halogens is 2. The van der Waals surface area contributed by atoms with Crippen LogP contribution >= 0.6 is 23.4 Å². The molecule has 1 heterocycles. The molecule has 27 heavy (non-hydrogen) atoms. The average molecular weight is 406 g/mol. The van der Waals surface area contributed by atoms with Crippen LogP contribution in [0.2, 0.25) is 5.02 Å². The molecule has 1 aromatic heterocycles. The number of carbonyl (C=O) groups excluding carboxylic acids is 2. The van der Waals surface area contributed by atoms with Gasteiger partial charge < -0.3 is 11.1 Å². The molecular weight excluding hydrogens is 393 g/mol. The fourth-order valence-electron chi connectivity index (χ4n) is 2.24. The molecule has 10 heteroatoms. The molecule has 0 spiro atoms. The normalized spacial score (nSPS) is 10.6. The van der Waals surface area contributed by atoms with E-state index >= 15 is 0 Å². The lowest BCUT2D eigenvalue weighted by Gasteiger charge is -2.08. The number of carbonyl (C=O) groups is 2. The second-order valence-electron chi connectivity index (χ2n) is 5.36. The molecule has 3 aromatic rings. The minimum Gasteiger partial charge on any atom is -0.366 e. The molecule has 0 aliphatic carbocycles. The van der Waals surface area contributed by atoms with Gasteiger partial charge in [0, 0.05) is 10.7 Å². The van der Waals surface area contributed by atoms with Gasteiger partial charge in [0.15, 0.2) is 5.16 Å². The van der Waals surface area contributed by atoms with Crippen LogP contribution < -0.4 is 11.1 Å². The molecule has 3 rings (SSSR count). The fraction of sp³-hybridized carbons (Fsp3) is 0.0588. The van der Waals surface area contributed by atoms with E-state index in [4.69, 9.17) is 17.3 Å². The van der Waals surface area contributed by atoms with Crippen molar-refractivity contribution in [1.82, 2.24) is 14.8 Å². The van der Waals surface area contributed by atoms with Crippen LogP contribution in [-0.4, -0.2) is 32.3 Å². The maximum absolute atomic E-state index is 13.5. The number of nitrogens with one attached hydrogen (secondary N) is 1. The topological polar surface area (TPSA) is 103 Å². The molecule has 0 radical (unpaired) electrons. The summed E-state index contributed by atoms with van der Waals surface area (Å²) in [5.74, 6) is -1.98. The number of nitrogens with zero attached hydrogens (tertiary/aromatic N) is 3. The Bertz CT molecular complexity index is 1010. The zero-order valence-electron chi connectivity index (χ0n) is 13.7. The predicted octanol–water partition coefficient (Wildman–Crippen LogP) is 2.89. The summed E-state index contributed by atoms with van der Waals surface area (Å²) >= 11 is 7.16. The summed E-state index contributed by atoms with van der Waals surface area (Å²) < 4.78 is 15.2. The Labute approximate surface area is 162 Å². The Morgan fingerprint density at radius 1 is 1.26 bits per heavy atom. The number of nitrogens with two attached hydrogens (primary N) is 1. The van der Waals surface area contributed by atoms with Crippen molar-refractivity contribution in [2.24, 2.45) is 5.73 Å². The van der Waals surface area contributed by atoms with Crippen molar-refractivity contribution in [2.45, 2.75) is 5.16 Å². The first-order chi connectivity index (χ1) is 12.9. The number of hydrogen-bond donors (Lipinski definition) is 2. The number of hydrogen-bond acceptors (Lipinski definition) is 5. The van der Waals surface area contributed by atoms with Crippen LogP contribution in [0.15, 0.2) is 53.9 Å². The molecule has 3 N–H and O–H groups in total. The third kappa shape index (κ3) is 4.63. The van der Waals surface area contributed by atoms with Crippen molar-refractivity contribution in [2.75, 3.05) is 11.1 Å². The van der Waals surface area contributed by atoms with Crippen molar-refractivity contribution in [3.63, 3.8) is 0 Å². The van der Waals surface area contributed by atoms with Gasteiger partial charge in [-0.2, -0.15) is 0 Å². The van der Waals surface area contributed by atoms with Crippen molar-refractivity contribution >= 4 is 40.9 Å². The molecule has 2 amide bonds. The number of anilines is 1. The number of amides is 2. The molecule has 0 aliphatic heterocycles. The van der Waals surface area contributed by atoms with E-state index in [1.807, 2.05) is 6.07 Å².